The molecular weight excluding hydrogens is 156 g/mol. The molecule has 1 rings (SSSR count). The molecule has 0 fully saturated rings. The second-order valence-electron chi connectivity index (χ2n) is 2.70. The summed E-state index contributed by atoms with van der Waals surface area (Å²) in [4.78, 5) is 4.02. The van der Waals surface area contributed by atoms with Gasteiger partial charge in [0.15, 0.2) is 0 Å². The standard InChI is InChI=1S/C8H14N2O2/c1-6(9)8-10-5-7(12-8)3-4-11-2/h5-6H,3-4,9H2,1-2H3. The van der Waals surface area contributed by atoms with E-state index >= 15 is 0 Å². The summed E-state index contributed by atoms with van der Waals surface area (Å²) in [5, 5.41) is 0. The van der Waals surface area contributed by atoms with Crippen LogP contribution in [0.5, 0.6) is 0 Å². The van der Waals surface area contributed by atoms with Gasteiger partial charge in [-0.1, -0.05) is 0 Å². The summed E-state index contributed by atoms with van der Waals surface area (Å²) in [6.07, 6.45) is 2.44. The normalized spacial score (nSPS) is 13.2. The van der Waals surface area contributed by atoms with Crippen molar-refractivity contribution in [3.8, 4) is 0 Å². The van der Waals surface area contributed by atoms with Gasteiger partial charge in [0.05, 0.1) is 18.8 Å². The second kappa shape index (κ2) is 4.23. The Labute approximate surface area is 71.7 Å². The number of ether oxygens (including phenoxy) is 1. The zero-order valence-corrected chi connectivity index (χ0v) is 7.41. The van der Waals surface area contributed by atoms with Crippen LogP contribution in [0, 0.1) is 0 Å². The van der Waals surface area contributed by atoms with Crippen LogP contribution in [0.2, 0.25) is 0 Å². The average molecular weight is 170 g/mol. The lowest BCUT2D eigenvalue weighted by molar-refractivity contribution is 0.195. The monoisotopic (exact) mass is 170 g/mol. The molecule has 1 heterocycles. The first-order chi connectivity index (χ1) is 5.74. The predicted molar refractivity (Wildman–Crippen MR) is 44.7 cm³/mol. The Kier molecular flexibility index (Phi) is 3.25. The van der Waals surface area contributed by atoms with Gasteiger partial charge >= 0.3 is 0 Å². The molecule has 1 aromatic rings. The van der Waals surface area contributed by atoms with Crippen molar-refractivity contribution in [3.63, 3.8) is 0 Å². The van der Waals surface area contributed by atoms with Crippen LogP contribution < -0.4 is 5.73 Å². The topological polar surface area (TPSA) is 61.3 Å². The molecule has 0 aliphatic carbocycles. The fourth-order valence-electron chi connectivity index (χ4n) is 0.851. The molecule has 0 aromatic carbocycles. The Morgan fingerprint density at radius 1 is 1.75 bits per heavy atom. The number of methoxy groups -OCH3 is 1. The summed E-state index contributed by atoms with van der Waals surface area (Å²) in [6.45, 7) is 2.49. The van der Waals surface area contributed by atoms with Crippen molar-refractivity contribution in [1.82, 2.24) is 4.98 Å². The van der Waals surface area contributed by atoms with Crippen molar-refractivity contribution < 1.29 is 9.15 Å². The fourth-order valence-corrected chi connectivity index (χ4v) is 0.851. The minimum Gasteiger partial charge on any atom is -0.444 e. The lowest BCUT2D eigenvalue weighted by Crippen LogP contribution is -2.04. The number of rotatable bonds is 4. The Balaban J connectivity index is 2.52. The molecule has 4 nitrogen and oxygen atoms in total. The smallest absolute Gasteiger partial charge is 0.210 e. The number of hydrogen-bond donors (Lipinski definition) is 1. The summed E-state index contributed by atoms with van der Waals surface area (Å²) >= 11 is 0. The van der Waals surface area contributed by atoms with Crippen molar-refractivity contribution in [1.29, 1.82) is 0 Å². The lowest BCUT2D eigenvalue weighted by Gasteiger charge is -1.97. The Bertz CT molecular complexity index is 233. The predicted octanol–water partition coefficient (Wildman–Crippen LogP) is 0.883. The molecule has 68 valence electrons. The average Bonchev–Trinajstić information content (AvgIpc) is 2.48. The number of aromatic nitrogens is 1. The van der Waals surface area contributed by atoms with E-state index in [-0.39, 0.29) is 6.04 Å². The molecule has 0 spiro atoms. The van der Waals surface area contributed by atoms with Crippen LogP contribution in [0.1, 0.15) is 24.6 Å². The highest BCUT2D eigenvalue weighted by Crippen LogP contribution is 2.10. The summed E-state index contributed by atoms with van der Waals surface area (Å²) < 4.78 is 10.2. The minimum atomic E-state index is -0.138. The third kappa shape index (κ3) is 2.32. The molecule has 0 amide bonds. The number of nitrogens with zero attached hydrogens (tertiary/aromatic N) is 1. The van der Waals surface area contributed by atoms with E-state index in [0.717, 1.165) is 12.2 Å². The number of hydrogen-bond acceptors (Lipinski definition) is 4. The third-order valence-electron chi connectivity index (χ3n) is 1.51. The quantitative estimate of drug-likeness (QED) is 0.728. The zero-order valence-electron chi connectivity index (χ0n) is 7.41. The summed E-state index contributed by atoms with van der Waals surface area (Å²) in [5.41, 5.74) is 5.57. The van der Waals surface area contributed by atoms with Crippen molar-refractivity contribution in [2.75, 3.05) is 13.7 Å². The maximum atomic E-state index is 5.57. The second-order valence-corrected chi connectivity index (χ2v) is 2.70. The highest BCUT2D eigenvalue weighted by molar-refractivity contribution is 4.96. The first-order valence-corrected chi connectivity index (χ1v) is 3.93. The van der Waals surface area contributed by atoms with E-state index in [1.165, 1.54) is 0 Å². The summed E-state index contributed by atoms with van der Waals surface area (Å²) in [7, 11) is 1.66. The zero-order chi connectivity index (χ0) is 8.97. The van der Waals surface area contributed by atoms with E-state index < -0.39 is 0 Å². The van der Waals surface area contributed by atoms with Gasteiger partial charge in [-0.3, -0.25) is 0 Å². The van der Waals surface area contributed by atoms with Gasteiger partial charge in [-0.25, -0.2) is 4.98 Å². The molecule has 0 saturated heterocycles. The Morgan fingerprint density at radius 2 is 2.50 bits per heavy atom. The van der Waals surface area contributed by atoms with Crippen LogP contribution in [-0.2, 0) is 11.2 Å². The van der Waals surface area contributed by atoms with Crippen LogP contribution in [0.3, 0.4) is 0 Å². The van der Waals surface area contributed by atoms with Gasteiger partial charge in [0.25, 0.3) is 0 Å². The first-order valence-electron chi connectivity index (χ1n) is 3.93. The van der Waals surface area contributed by atoms with Gasteiger partial charge < -0.3 is 14.9 Å². The fraction of sp³-hybridized carbons (Fsp3) is 0.625. The van der Waals surface area contributed by atoms with Gasteiger partial charge in [0, 0.05) is 13.5 Å². The Morgan fingerprint density at radius 3 is 3.00 bits per heavy atom. The first kappa shape index (κ1) is 9.22. The van der Waals surface area contributed by atoms with E-state index in [9.17, 15) is 0 Å². The Hall–Kier alpha value is -0.870. The van der Waals surface area contributed by atoms with Crippen LogP contribution in [-0.4, -0.2) is 18.7 Å². The minimum absolute atomic E-state index is 0.138. The summed E-state index contributed by atoms with van der Waals surface area (Å²) in [5.74, 6) is 1.41. The lowest BCUT2D eigenvalue weighted by atomic mass is 10.4. The van der Waals surface area contributed by atoms with E-state index in [1.807, 2.05) is 6.92 Å². The molecule has 1 aromatic heterocycles. The van der Waals surface area contributed by atoms with E-state index in [2.05, 4.69) is 4.98 Å². The molecule has 12 heavy (non-hydrogen) atoms. The van der Waals surface area contributed by atoms with E-state index in [4.69, 9.17) is 14.9 Å². The van der Waals surface area contributed by atoms with E-state index in [1.54, 1.807) is 13.3 Å². The van der Waals surface area contributed by atoms with Gasteiger partial charge in [-0.15, -0.1) is 0 Å². The van der Waals surface area contributed by atoms with Crippen LogP contribution in [0.25, 0.3) is 0 Å². The number of oxazole rings is 1. The summed E-state index contributed by atoms with van der Waals surface area (Å²) in [6, 6.07) is -0.138. The molecule has 0 saturated carbocycles. The highest BCUT2D eigenvalue weighted by Gasteiger charge is 2.06. The molecule has 4 heteroatoms. The van der Waals surface area contributed by atoms with Gasteiger partial charge in [-0.05, 0) is 6.92 Å². The van der Waals surface area contributed by atoms with E-state index in [0.29, 0.717) is 12.5 Å². The molecule has 1 unspecified atom stereocenters. The molecule has 0 aliphatic heterocycles. The van der Waals surface area contributed by atoms with Crippen LogP contribution in [0.4, 0.5) is 0 Å². The SMILES string of the molecule is COCCc1cnc(C(C)N)o1. The number of nitrogens with two attached hydrogens (primary N) is 1. The molecule has 2 N–H and O–H groups in total. The molecular formula is C8H14N2O2. The largest absolute Gasteiger partial charge is 0.444 e. The molecule has 0 bridgehead atoms. The van der Waals surface area contributed by atoms with Crippen molar-refractivity contribution in [2.45, 2.75) is 19.4 Å². The van der Waals surface area contributed by atoms with Crippen LogP contribution in [0.15, 0.2) is 10.6 Å². The molecule has 0 radical (unpaired) electrons. The maximum Gasteiger partial charge on any atom is 0.210 e. The van der Waals surface area contributed by atoms with Crippen molar-refractivity contribution in [2.24, 2.45) is 5.73 Å². The van der Waals surface area contributed by atoms with Gasteiger partial charge in [0.2, 0.25) is 5.89 Å². The third-order valence-corrected chi connectivity index (χ3v) is 1.51. The van der Waals surface area contributed by atoms with Crippen LogP contribution >= 0.6 is 0 Å². The van der Waals surface area contributed by atoms with Crippen molar-refractivity contribution in [3.05, 3.63) is 17.8 Å². The highest BCUT2D eigenvalue weighted by atomic mass is 16.5. The van der Waals surface area contributed by atoms with Gasteiger partial charge in [-0.2, -0.15) is 0 Å². The van der Waals surface area contributed by atoms with Gasteiger partial charge in [0.1, 0.15) is 5.76 Å². The maximum absolute atomic E-state index is 5.57. The molecule has 0 aliphatic rings. The van der Waals surface area contributed by atoms with Crippen molar-refractivity contribution >= 4 is 0 Å². The molecule has 1 atom stereocenters.